The Balaban J connectivity index is 1.65. The van der Waals surface area contributed by atoms with Crippen molar-refractivity contribution in [3.8, 4) is 0 Å². The highest BCUT2D eigenvalue weighted by Crippen LogP contribution is 2.46. The summed E-state index contributed by atoms with van der Waals surface area (Å²) in [5, 5.41) is 0. The molecule has 3 aliphatic rings. The third-order valence-corrected chi connectivity index (χ3v) is 5.55. The van der Waals surface area contributed by atoms with Crippen molar-refractivity contribution in [2.24, 2.45) is 23.7 Å². The first-order chi connectivity index (χ1) is 11.3. The zero-order chi connectivity index (χ0) is 17.3. The topological polar surface area (TPSA) is 52.6 Å². The standard InChI is InChI=1S/C20H30O4/c1-20(2,3)24-18(21)12-17(16-11-13-8-9-15(16)10-13)23-19(22)14-6-4-5-7-14/h8-9,13-17H,4-7,10-12H2,1-3H3. The summed E-state index contributed by atoms with van der Waals surface area (Å²) in [7, 11) is 0. The molecule has 0 aromatic heterocycles. The zero-order valence-electron chi connectivity index (χ0n) is 15.1. The quantitative estimate of drug-likeness (QED) is 0.562. The highest BCUT2D eigenvalue weighted by molar-refractivity contribution is 5.74. The summed E-state index contributed by atoms with van der Waals surface area (Å²) in [6.45, 7) is 5.60. The summed E-state index contributed by atoms with van der Waals surface area (Å²) in [4.78, 5) is 24.8. The smallest absolute Gasteiger partial charge is 0.310 e. The molecule has 24 heavy (non-hydrogen) atoms. The minimum atomic E-state index is -0.508. The lowest BCUT2D eigenvalue weighted by Gasteiger charge is -2.30. The Kier molecular flexibility index (Phi) is 5.03. The molecule has 4 heteroatoms. The van der Waals surface area contributed by atoms with Gasteiger partial charge in [0.15, 0.2) is 0 Å². The van der Waals surface area contributed by atoms with Crippen LogP contribution in [0.3, 0.4) is 0 Å². The Hall–Kier alpha value is -1.32. The van der Waals surface area contributed by atoms with E-state index < -0.39 is 5.60 Å². The molecule has 4 unspecified atom stereocenters. The lowest BCUT2D eigenvalue weighted by atomic mass is 9.86. The first-order valence-corrected chi connectivity index (χ1v) is 9.42. The lowest BCUT2D eigenvalue weighted by Crippen LogP contribution is -2.35. The summed E-state index contributed by atoms with van der Waals surface area (Å²) in [6.07, 6.45) is 10.6. The fraction of sp³-hybridized carbons (Fsp3) is 0.800. The predicted molar refractivity (Wildman–Crippen MR) is 91.1 cm³/mol. The van der Waals surface area contributed by atoms with Crippen molar-refractivity contribution >= 4 is 11.9 Å². The molecule has 3 aliphatic carbocycles. The third kappa shape index (κ3) is 4.20. The molecule has 0 amide bonds. The van der Waals surface area contributed by atoms with Crippen LogP contribution in [-0.4, -0.2) is 23.6 Å². The minimum Gasteiger partial charge on any atom is -0.461 e. The molecule has 0 aliphatic heterocycles. The first-order valence-electron chi connectivity index (χ1n) is 9.42. The van der Waals surface area contributed by atoms with Gasteiger partial charge in [0.05, 0.1) is 12.3 Å². The lowest BCUT2D eigenvalue weighted by molar-refractivity contribution is -0.166. The number of fused-ring (bicyclic) bond motifs is 2. The van der Waals surface area contributed by atoms with E-state index >= 15 is 0 Å². The average Bonchev–Trinajstić information content (AvgIpc) is 3.21. The van der Waals surface area contributed by atoms with Crippen LogP contribution in [0.5, 0.6) is 0 Å². The summed E-state index contributed by atoms with van der Waals surface area (Å²) in [6, 6.07) is 0. The molecule has 0 aromatic rings. The zero-order valence-corrected chi connectivity index (χ0v) is 15.1. The summed E-state index contributed by atoms with van der Waals surface area (Å²) in [5.74, 6) is 0.953. The molecular formula is C20H30O4. The molecular weight excluding hydrogens is 304 g/mol. The van der Waals surface area contributed by atoms with Crippen molar-refractivity contribution in [2.45, 2.75) is 77.4 Å². The Morgan fingerprint density at radius 1 is 1.12 bits per heavy atom. The van der Waals surface area contributed by atoms with Gasteiger partial charge >= 0.3 is 11.9 Å². The molecule has 0 aromatic carbocycles. The van der Waals surface area contributed by atoms with Crippen molar-refractivity contribution in [3.63, 3.8) is 0 Å². The first kappa shape index (κ1) is 17.5. The Morgan fingerprint density at radius 2 is 1.83 bits per heavy atom. The number of carbonyl (C=O) groups excluding carboxylic acids is 2. The predicted octanol–water partition coefficient (Wildman–Crippen LogP) is 4.03. The monoisotopic (exact) mass is 334 g/mol. The summed E-state index contributed by atoms with van der Waals surface area (Å²) < 4.78 is 11.3. The van der Waals surface area contributed by atoms with Crippen LogP contribution in [0.25, 0.3) is 0 Å². The number of ether oxygens (including phenoxy) is 2. The van der Waals surface area contributed by atoms with E-state index in [-0.39, 0.29) is 36.3 Å². The van der Waals surface area contributed by atoms with Crippen molar-refractivity contribution in [2.75, 3.05) is 0 Å². The molecule has 134 valence electrons. The number of carbonyl (C=O) groups is 2. The van der Waals surface area contributed by atoms with E-state index in [9.17, 15) is 9.59 Å². The van der Waals surface area contributed by atoms with Crippen LogP contribution in [0.1, 0.15) is 65.7 Å². The number of hydrogen-bond donors (Lipinski definition) is 0. The van der Waals surface area contributed by atoms with Crippen molar-refractivity contribution in [1.29, 1.82) is 0 Å². The minimum absolute atomic E-state index is 0.0280. The van der Waals surface area contributed by atoms with Gasteiger partial charge < -0.3 is 9.47 Å². The number of rotatable bonds is 5. The van der Waals surface area contributed by atoms with E-state index in [1.54, 1.807) is 0 Å². The van der Waals surface area contributed by atoms with E-state index in [0.717, 1.165) is 38.5 Å². The second kappa shape index (κ2) is 6.89. The highest BCUT2D eigenvalue weighted by atomic mass is 16.6. The molecule has 0 saturated heterocycles. The largest absolute Gasteiger partial charge is 0.461 e. The van der Waals surface area contributed by atoms with Gasteiger partial charge in [-0.2, -0.15) is 0 Å². The van der Waals surface area contributed by atoms with Gasteiger partial charge in [-0.25, -0.2) is 0 Å². The maximum atomic E-state index is 12.5. The van der Waals surface area contributed by atoms with E-state index in [1.807, 2.05) is 20.8 Å². The second-order valence-corrected chi connectivity index (χ2v) is 8.69. The van der Waals surface area contributed by atoms with Crippen LogP contribution in [-0.2, 0) is 19.1 Å². The van der Waals surface area contributed by atoms with E-state index in [4.69, 9.17) is 9.47 Å². The van der Waals surface area contributed by atoms with Crippen LogP contribution in [0, 0.1) is 23.7 Å². The van der Waals surface area contributed by atoms with Gasteiger partial charge in [0.25, 0.3) is 0 Å². The number of hydrogen-bond acceptors (Lipinski definition) is 4. The molecule has 4 atom stereocenters. The molecule has 0 radical (unpaired) electrons. The van der Waals surface area contributed by atoms with Gasteiger partial charge in [-0.05, 0) is 58.3 Å². The fourth-order valence-electron chi connectivity index (χ4n) is 4.49. The number of esters is 2. The highest BCUT2D eigenvalue weighted by Gasteiger charge is 2.43. The van der Waals surface area contributed by atoms with E-state index in [0.29, 0.717) is 11.8 Å². The van der Waals surface area contributed by atoms with Crippen LogP contribution < -0.4 is 0 Å². The Bertz CT molecular complexity index is 510. The molecule has 0 N–H and O–H groups in total. The second-order valence-electron chi connectivity index (χ2n) is 8.69. The van der Waals surface area contributed by atoms with Gasteiger partial charge in [0, 0.05) is 5.92 Å². The van der Waals surface area contributed by atoms with Gasteiger partial charge in [-0.1, -0.05) is 25.0 Å². The fourth-order valence-corrected chi connectivity index (χ4v) is 4.49. The van der Waals surface area contributed by atoms with Crippen LogP contribution in [0.4, 0.5) is 0 Å². The molecule has 2 fully saturated rings. The normalized spacial score (nSPS) is 30.5. The average molecular weight is 334 g/mol. The van der Waals surface area contributed by atoms with Gasteiger partial charge in [-0.3, -0.25) is 9.59 Å². The van der Waals surface area contributed by atoms with Crippen molar-refractivity contribution < 1.29 is 19.1 Å². The van der Waals surface area contributed by atoms with Gasteiger partial charge in [-0.15, -0.1) is 0 Å². The molecule has 2 bridgehead atoms. The maximum Gasteiger partial charge on any atom is 0.310 e. The van der Waals surface area contributed by atoms with E-state index in [1.165, 1.54) is 0 Å². The van der Waals surface area contributed by atoms with E-state index in [2.05, 4.69) is 12.2 Å². The summed E-state index contributed by atoms with van der Waals surface area (Å²) in [5.41, 5.74) is -0.508. The van der Waals surface area contributed by atoms with Crippen LogP contribution >= 0.6 is 0 Å². The Morgan fingerprint density at radius 3 is 2.38 bits per heavy atom. The maximum absolute atomic E-state index is 12.5. The van der Waals surface area contributed by atoms with Crippen molar-refractivity contribution in [3.05, 3.63) is 12.2 Å². The molecule has 0 spiro atoms. The summed E-state index contributed by atoms with van der Waals surface area (Å²) >= 11 is 0. The molecule has 2 saturated carbocycles. The SMILES string of the molecule is CC(C)(C)OC(=O)CC(OC(=O)C1CCCC1)C1CC2C=CC1C2. The molecule has 0 heterocycles. The molecule has 3 rings (SSSR count). The van der Waals surface area contributed by atoms with Gasteiger partial charge in [0.1, 0.15) is 11.7 Å². The van der Waals surface area contributed by atoms with Crippen LogP contribution in [0.15, 0.2) is 12.2 Å². The molecule has 4 nitrogen and oxygen atoms in total. The van der Waals surface area contributed by atoms with Gasteiger partial charge in [0.2, 0.25) is 0 Å². The number of allylic oxidation sites excluding steroid dienone is 2. The Labute approximate surface area is 145 Å². The van der Waals surface area contributed by atoms with Crippen molar-refractivity contribution in [1.82, 2.24) is 0 Å². The van der Waals surface area contributed by atoms with Crippen LogP contribution in [0.2, 0.25) is 0 Å². The third-order valence-electron chi connectivity index (χ3n) is 5.55.